The van der Waals surface area contributed by atoms with E-state index < -0.39 is 0 Å². The number of rotatable bonds is 7. The van der Waals surface area contributed by atoms with E-state index in [4.69, 9.17) is 0 Å². The molecule has 2 amide bonds. The highest BCUT2D eigenvalue weighted by molar-refractivity contribution is 7.99. The Morgan fingerprint density at radius 2 is 1.73 bits per heavy atom. The predicted octanol–water partition coefficient (Wildman–Crippen LogP) is 3.10. The largest absolute Gasteiger partial charge is 0.339 e. The van der Waals surface area contributed by atoms with Crippen molar-refractivity contribution in [3.63, 3.8) is 0 Å². The summed E-state index contributed by atoms with van der Waals surface area (Å²) in [6.45, 7) is 2.67. The number of halogens is 1. The summed E-state index contributed by atoms with van der Waals surface area (Å²) >= 11 is 1.43. The third-order valence-electron chi connectivity index (χ3n) is 5.56. The van der Waals surface area contributed by atoms with Crippen LogP contribution in [0.4, 0.5) is 10.1 Å². The maximum atomic E-state index is 13.0. The summed E-state index contributed by atoms with van der Waals surface area (Å²) in [6.07, 6.45) is 1.83. The Morgan fingerprint density at radius 3 is 2.42 bits per heavy atom. The number of imidazole rings is 1. The van der Waals surface area contributed by atoms with Crippen molar-refractivity contribution in [2.24, 2.45) is 7.05 Å². The molecule has 1 aliphatic heterocycles. The number of amides is 2. The van der Waals surface area contributed by atoms with Crippen LogP contribution in [-0.4, -0.2) is 69.6 Å². The number of carbonyl (C=O) groups is 2. The lowest BCUT2D eigenvalue weighted by Crippen LogP contribution is -2.50. The Hall–Kier alpha value is -3.17. The third-order valence-corrected chi connectivity index (χ3v) is 6.59. The van der Waals surface area contributed by atoms with Crippen molar-refractivity contribution >= 4 is 29.3 Å². The van der Waals surface area contributed by atoms with E-state index in [1.165, 1.54) is 36.0 Å². The molecule has 7 nitrogen and oxygen atoms in total. The molecule has 172 valence electrons. The number of nitrogens with zero attached hydrogens (tertiary/aromatic N) is 4. The maximum absolute atomic E-state index is 13.0. The number of aromatic nitrogens is 2. The Morgan fingerprint density at radius 1 is 1.03 bits per heavy atom. The monoisotopic (exact) mass is 467 g/mol. The number of piperazine rings is 1. The normalized spacial score (nSPS) is 14.3. The zero-order valence-corrected chi connectivity index (χ0v) is 19.2. The molecule has 1 N–H and O–H groups in total. The average Bonchev–Trinajstić information content (AvgIpc) is 3.20. The Bertz CT molecular complexity index is 1100. The molecule has 2 heterocycles. The Kier molecular flexibility index (Phi) is 7.41. The van der Waals surface area contributed by atoms with E-state index >= 15 is 0 Å². The average molecular weight is 468 g/mol. The number of anilines is 1. The highest BCUT2D eigenvalue weighted by Crippen LogP contribution is 2.25. The number of nitrogens with one attached hydrogen (secondary N) is 1. The van der Waals surface area contributed by atoms with Gasteiger partial charge in [-0.05, 0) is 29.8 Å². The van der Waals surface area contributed by atoms with E-state index in [0.717, 1.165) is 16.4 Å². The summed E-state index contributed by atoms with van der Waals surface area (Å²) in [5, 5.41) is 3.57. The second-order valence-electron chi connectivity index (χ2n) is 7.85. The Balaban J connectivity index is 1.22. The molecular weight excluding hydrogens is 441 g/mol. The molecule has 1 fully saturated rings. The fraction of sp³-hybridized carbons (Fsp3) is 0.292. The van der Waals surface area contributed by atoms with Crippen LogP contribution in [-0.2, 0) is 16.6 Å². The molecule has 0 bridgehead atoms. The van der Waals surface area contributed by atoms with Gasteiger partial charge in [-0.25, -0.2) is 9.37 Å². The van der Waals surface area contributed by atoms with Crippen LogP contribution in [0.3, 0.4) is 0 Å². The molecule has 0 spiro atoms. The van der Waals surface area contributed by atoms with E-state index in [1.807, 2.05) is 57.9 Å². The minimum Gasteiger partial charge on any atom is -0.339 e. The lowest BCUT2D eigenvalue weighted by Gasteiger charge is -2.34. The highest BCUT2D eigenvalue weighted by atomic mass is 32.2. The molecule has 33 heavy (non-hydrogen) atoms. The summed E-state index contributed by atoms with van der Waals surface area (Å²) in [5.41, 5.74) is 2.67. The van der Waals surface area contributed by atoms with E-state index in [9.17, 15) is 14.0 Å². The number of benzene rings is 2. The zero-order chi connectivity index (χ0) is 23.2. The summed E-state index contributed by atoms with van der Waals surface area (Å²) in [4.78, 5) is 33.3. The number of hydrogen-bond acceptors (Lipinski definition) is 5. The van der Waals surface area contributed by atoms with Crippen molar-refractivity contribution in [3.8, 4) is 11.3 Å². The predicted molar refractivity (Wildman–Crippen MR) is 127 cm³/mol. The van der Waals surface area contributed by atoms with E-state index in [0.29, 0.717) is 37.6 Å². The molecule has 0 saturated carbocycles. The van der Waals surface area contributed by atoms with Crippen LogP contribution in [0.25, 0.3) is 11.3 Å². The molecule has 0 atom stereocenters. The van der Waals surface area contributed by atoms with Gasteiger partial charge >= 0.3 is 0 Å². The van der Waals surface area contributed by atoms with Crippen molar-refractivity contribution in [2.45, 2.75) is 5.16 Å². The van der Waals surface area contributed by atoms with Crippen LogP contribution >= 0.6 is 11.8 Å². The molecule has 0 radical (unpaired) electrons. The molecule has 1 saturated heterocycles. The maximum Gasteiger partial charge on any atom is 0.238 e. The van der Waals surface area contributed by atoms with Crippen LogP contribution in [0.1, 0.15) is 0 Å². The first-order chi connectivity index (χ1) is 16.0. The fourth-order valence-electron chi connectivity index (χ4n) is 3.71. The SMILES string of the molecule is Cn1c(-c2ccccc2)cnc1SCC(=O)N1CCN(CC(=O)Nc2ccc(F)cc2)CC1. The minimum atomic E-state index is -0.341. The first kappa shape index (κ1) is 23.0. The van der Waals surface area contributed by atoms with E-state index in [-0.39, 0.29) is 24.2 Å². The first-order valence-electron chi connectivity index (χ1n) is 10.7. The van der Waals surface area contributed by atoms with Gasteiger partial charge in [-0.15, -0.1) is 0 Å². The van der Waals surface area contributed by atoms with Gasteiger partial charge in [0.25, 0.3) is 0 Å². The number of thioether (sulfide) groups is 1. The first-order valence-corrected chi connectivity index (χ1v) is 11.7. The van der Waals surface area contributed by atoms with Gasteiger partial charge in [-0.2, -0.15) is 0 Å². The molecule has 9 heteroatoms. The zero-order valence-electron chi connectivity index (χ0n) is 18.4. The van der Waals surface area contributed by atoms with Gasteiger partial charge in [0.2, 0.25) is 11.8 Å². The van der Waals surface area contributed by atoms with Crippen molar-refractivity contribution in [2.75, 3.05) is 43.8 Å². The Labute approximate surface area is 196 Å². The van der Waals surface area contributed by atoms with Crippen LogP contribution in [0, 0.1) is 5.82 Å². The van der Waals surface area contributed by atoms with E-state index in [1.54, 1.807) is 0 Å². The number of carbonyl (C=O) groups excluding carboxylic acids is 2. The van der Waals surface area contributed by atoms with Crippen LogP contribution in [0.5, 0.6) is 0 Å². The van der Waals surface area contributed by atoms with Gasteiger partial charge in [-0.3, -0.25) is 14.5 Å². The molecule has 0 aliphatic carbocycles. The molecule has 3 aromatic rings. The molecular formula is C24H26FN5O2S. The highest BCUT2D eigenvalue weighted by Gasteiger charge is 2.23. The van der Waals surface area contributed by atoms with Gasteiger partial charge in [0, 0.05) is 38.9 Å². The van der Waals surface area contributed by atoms with E-state index in [2.05, 4.69) is 10.3 Å². The lowest BCUT2D eigenvalue weighted by atomic mass is 10.2. The molecule has 0 unspecified atom stereocenters. The standard InChI is InChI=1S/C24H26FN5O2S/c1-28-21(18-5-3-2-4-6-18)15-26-24(28)33-17-23(32)30-13-11-29(12-14-30)16-22(31)27-20-9-7-19(25)8-10-20/h2-10,15H,11-14,16-17H2,1H3,(H,27,31). The van der Waals surface area contributed by atoms with Gasteiger partial charge < -0.3 is 14.8 Å². The van der Waals surface area contributed by atoms with Crippen LogP contribution in [0.2, 0.25) is 0 Å². The quantitative estimate of drug-likeness (QED) is 0.541. The molecule has 4 rings (SSSR count). The van der Waals surface area contributed by atoms with Crippen LogP contribution < -0.4 is 5.32 Å². The van der Waals surface area contributed by atoms with Crippen molar-refractivity contribution in [1.29, 1.82) is 0 Å². The molecule has 1 aliphatic rings. The van der Waals surface area contributed by atoms with Gasteiger partial charge in [-0.1, -0.05) is 42.1 Å². The van der Waals surface area contributed by atoms with Gasteiger partial charge in [0.05, 0.1) is 24.2 Å². The topological polar surface area (TPSA) is 70.5 Å². The minimum absolute atomic E-state index is 0.0691. The summed E-state index contributed by atoms with van der Waals surface area (Å²) in [6, 6.07) is 15.7. The second-order valence-corrected chi connectivity index (χ2v) is 8.79. The summed E-state index contributed by atoms with van der Waals surface area (Å²) in [7, 11) is 1.96. The summed E-state index contributed by atoms with van der Waals surface area (Å²) in [5.74, 6) is -0.100. The van der Waals surface area contributed by atoms with Crippen molar-refractivity contribution < 1.29 is 14.0 Å². The van der Waals surface area contributed by atoms with Crippen molar-refractivity contribution in [3.05, 3.63) is 66.6 Å². The van der Waals surface area contributed by atoms with Gasteiger partial charge in [0.1, 0.15) is 5.82 Å². The molecule has 2 aromatic carbocycles. The van der Waals surface area contributed by atoms with Gasteiger partial charge in [0.15, 0.2) is 5.16 Å². The van der Waals surface area contributed by atoms with Crippen molar-refractivity contribution in [1.82, 2.24) is 19.4 Å². The fourth-order valence-corrected chi connectivity index (χ4v) is 4.57. The lowest BCUT2D eigenvalue weighted by molar-refractivity contribution is -0.130. The summed E-state index contributed by atoms with van der Waals surface area (Å²) < 4.78 is 15.0. The second kappa shape index (κ2) is 10.6. The molecule has 1 aromatic heterocycles. The smallest absolute Gasteiger partial charge is 0.238 e. The number of hydrogen-bond donors (Lipinski definition) is 1. The third kappa shape index (κ3) is 6.00. The van der Waals surface area contributed by atoms with Crippen LogP contribution in [0.15, 0.2) is 66.0 Å².